The number of nitrogens with zero attached hydrogens (tertiary/aromatic N) is 1. The number of methoxy groups -OCH3 is 2. The Hall–Kier alpha value is -1.39. The van der Waals surface area contributed by atoms with Gasteiger partial charge in [0, 0.05) is 31.7 Å². The van der Waals surface area contributed by atoms with Gasteiger partial charge in [-0.15, -0.1) is 0 Å². The van der Waals surface area contributed by atoms with Crippen LogP contribution < -0.4 is 5.32 Å². The van der Waals surface area contributed by atoms with Crippen molar-refractivity contribution in [1.29, 1.82) is 0 Å². The molecule has 0 radical (unpaired) electrons. The largest absolute Gasteiger partial charge is 0.357 e. The van der Waals surface area contributed by atoms with Gasteiger partial charge in [-0.05, 0) is 6.07 Å². The minimum Gasteiger partial charge on any atom is -0.357 e. The van der Waals surface area contributed by atoms with E-state index in [1.165, 1.54) is 0 Å². The molecule has 2 atom stereocenters. The maximum absolute atomic E-state index is 5.28. The average Bonchev–Trinajstić information content (AvgIpc) is 2.47. The van der Waals surface area contributed by atoms with E-state index in [0.717, 1.165) is 11.3 Å². The molecule has 0 aliphatic carbocycles. The van der Waals surface area contributed by atoms with Gasteiger partial charge in [-0.3, -0.25) is 4.99 Å². The summed E-state index contributed by atoms with van der Waals surface area (Å²) in [6.45, 7) is 0. The Morgan fingerprint density at radius 3 is 2.73 bits per heavy atom. The van der Waals surface area contributed by atoms with E-state index in [1.807, 2.05) is 24.3 Å². The molecule has 1 aliphatic rings. The van der Waals surface area contributed by atoms with Crippen molar-refractivity contribution < 1.29 is 9.47 Å². The Morgan fingerprint density at radius 2 is 2.00 bits per heavy atom. The van der Waals surface area contributed by atoms with E-state index in [-0.39, 0.29) is 12.5 Å². The Morgan fingerprint density at radius 1 is 1.20 bits per heavy atom. The van der Waals surface area contributed by atoms with Crippen molar-refractivity contribution in [3.8, 4) is 0 Å². The summed E-state index contributed by atoms with van der Waals surface area (Å²) < 4.78 is 10.5. The summed E-state index contributed by atoms with van der Waals surface area (Å²) in [5, 5.41) is 3.24. The fourth-order valence-electron chi connectivity index (χ4n) is 1.56. The summed E-state index contributed by atoms with van der Waals surface area (Å²) >= 11 is 0. The molecule has 1 aromatic rings. The zero-order chi connectivity index (χ0) is 10.7. The van der Waals surface area contributed by atoms with Gasteiger partial charge in [-0.25, -0.2) is 0 Å². The Bertz CT molecular complexity index is 365. The van der Waals surface area contributed by atoms with Crippen LogP contribution in [0, 0.1) is 0 Å². The Labute approximate surface area is 88.9 Å². The topological polar surface area (TPSA) is 42.8 Å². The van der Waals surface area contributed by atoms with E-state index >= 15 is 0 Å². The van der Waals surface area contributed by atoms with E-state index in [0.29, 0.717) is 0 Å². The van der Waals surface area contributed by atoms with Crippen LogP contribution in [0.15, 0.2) is 29.3 Å². The Kier molecular flexibility index (Phi) is 2.99. The van der Waals surface area contributed by atoms with Crippen molar-refractivity contribution in [2.24, 2.45) is 4.99 Å². The van der Waals surface area contributed by atoms with Gasteiger partial charge < -0.3 is 14.8 Å². The number of ether oxygens (including phenoxy) is 2. The summed E-state index contributed by atoms with van der Waals surface area (Å²) in [5.74, 6) is 0. The second kappa shape index (κ2) is 4.42. The molecule has 15 heavy (non-hydrogen) atoms. The highest BCUT2D eigenvalue weighted by Crippen LogP contribution is 2.19. The summed E-state index contributed by atoms with van der Waals surface area (Å²) in [4.78, 5) is 4.30. The molecule has 2 rings (SSSR count). The molecule has 0 aromatic heterocycles. The average molecular weight is 206 g/mol. The number of hydrogen-bond donors (Lipinski definition) is 1. The molecule has 80 valence electrons. The lowest BCUT2D eigenvalue weighted by molar-refractivity contribution is -0.0151. The monoisotopic (exact) mass is 206 g/mol. The lowest BCUT2D eigenvalue weighted by atomic mass is 10.2. The van der Waals surface area contributed by atoms with Gasteiger partial charge in [-0.2, -0.15) is 0 Å². The predicted molar refractivity (Wildman–Crippen MR) is 59.3 cm³/mol. The van der Waals surface area contributed by atoms with Crippen LogP contribution in [0.1, 0.15) is 5.56 Å². The molecule has 0 saturated heterocycles. The molecule has 0 saturated carbocycles. The van der Waals surface area contributed by atoms with Crippen molar-refractivity contribution in [2.45, 2.75) is 12.5 Å². The van der Waals surface area contributed by atoms with Gasteiger partial charge in [0.15, 0.2) is 12.5 Å². The molecule has 0 spiro atoms. The van der Waals surface area contributed by atoms with Gasteiger partial charge in [0.25, 0.3) is 0 Å². The first kappa shape index (κ1) is 10.1. The third-order valence-corrected chi connectivity index (χ3v) is 2.37. The van der Waals surface area contributed by atoms with Crippen molar-refractivity contribution in [3.05, 3.63) is 29.8 Å². The van der Waals surface area contributed by atoms with E-state index in [2.05, 4.69) is 10.3 Å². The fourth-order valence-corrected chi connectivity index (χ4v) is 1.56. The maximum atomic E-state index is 5.28. The predicted octanol–water partition coefficient (Wildman–Crippen LogP) is 1.48. The molecule has 1 aromatic carbocycles. The number of aliphatic imine (C=N–C) groups is 1. The van der Waals surface area contributed by atoms with Crippen LogP contribution in [0.4, 0.5) is 5.69 Å². The van der Waals surface area contributed by atoms with Crippen LogP contribution in [0.5, 0.6) is 0 Å². The van der Waals surface area contributed by atoms with E-state index in [4.69, 9.17) is 9.47 Å². The molecule has 1 heterocycles. The number of rotatable bonds is 2. The molecule has 0 amide bonds. The fraction of sp³-hybridized carbons (Fsp3) is 0.364. The van der Waals surface area contributed by atoms with Gasteiger partial charge in [0.1, 0.15) is 0 Å². The molecular weight excluding hydrogens is 192 g/mol. The van der Waals surface area contributed by atoms with E-state index in [1.54, 1.807) is 20.4 Å². The highest BCUT2D eigenvalue weighted by Gasteiger charge is 2.22. The van der Waals surface area contributed by atoms with Gasteiger partial charge in [0.2, 0.25) is 0 Å². The first-order chi connectivity index (χ1) is 7.35. The van der Waals surface area contributed by atoms with E-state index < -0.39 is 0 Å². The molecule has 2 unspecified atom stereocenters. The van der Waals surface area contributed by atoms with Crippen LogP contribution in [0.3, 0.4) is 0 Å². The van der Waals surface area contributed by atoms with Crippen LogP contribution in [-0.2, 0) is 9.47 Å². The molecule has 0 fully saturated rings. The third-order valence-electron chi connectivity index (χ3n) is 2.37. The first-order valence-electron chi connectivity index (χ1n) is 4.79. The molecular formula is C11H14N2O2. The summed E-state index contributed by atoms with van der Waals surface area (Å²) in [7, 11) is 3.25. The number of hydrogen-bond acceptors (Lipinski definition) is 4. The summed E-state index contributed by atoms with van der Waals surface area (Å²) in [6.07, 6.45) is 1.23. The van der Waals surface area contributed by atoms with Crippen LogP contribution in [0.2, 0.25) is 0 Å². The van der Waals surface area contributed by atoms with Gasteiger partial charge in [0.05, 0.1) is 0 Å². The smallest absolute Gasteiger partial charge is 0.192 e. The minimum absolute atomic E-state index is 0.255. The number of anilines is 1. The molecule has 1 aliphatic heterocycles. The normalized spacial score (nSPS) is 24.1. The second-order valence-corrected chi connectivity index (χ2v) is 3.29. The summed E-state index contributed by atoms with van der Waals surface area (Å²) in [6, 6.07) is 7.93. The summed E-state index contributed by atoms with van der Waals surface area (Å²) in [5.41, 5.74) is 2.05. The van der Waals surface area contributed by atoms with Crippen molar-refractivity contribution in [2.75, 3.05) is 19.5 Å². The van der Waals surface area contributed by atoms with Crippen LogP contribution >= 0.6 is 0 Å². The number of fused-ring (bicyclic) bond motifs is 1. The third kappa shape index (κ3) is 2.00. The number of para-hydroxylation sites is 1. The molecule has 4 heteroatoms. The zero-order valence-electron chi connectivity index (χ0n) is 8.81. The lowest BCUT2D eigenvalue weighted by Crippen LogP contribution is -2.34. The molecule has 4 nitrogen and oxygen atoms in total. The van der Waals surface area contributed by atoms with Crippen LogP contribution in [-0.4, -0.2) is 32.9 Å². The lowest BCUT2D eigenvalue weighted by Gasteiger charge is -2.21. The SMILES string of the molecule is COC1N=Cc2ccccc2NC1OC. The van der Waals surface area contributed by atoms with Gasteiger partial charge >= 0.3 is 0 Å². The zero-order valence-corrected chi connectivity index (χ0v) is 8.81. The first-order valence-corrected chi connectivity index (χ1v) is 4.79. The van der Waals surface area contributed by atoms with Crippen LogP contribution in [0.25, 0.3) is 0 Å². The van der Waals surface area contributed by atoms with Crippen molar-refractivity contribution in [1.82, 2.24) is 0 Å². The van der Waals surface area contributed by atoms with E-state index in [9.17, 15) is 0 Å². The highest BCUT2D eigenvalue weighted by atomic mass is 16.5. The standard InChI is InChI=1S/C11H14N2O2/c1-14-10-11(15-2)13-9-6-4-3-5-8(9)7-12-10/h3-7,10-11,13H,1-2H3. The maximum Gasteiger partial charge on any atom is 0.192 e. The van der Waals surface area contributed by atoms with Crippen molar-refractivity contribution in [3.63, 3.8) is 0 Å². The second-order valence-electron chi connectivity index (χ2n) is 3.29. The number of benzene rings is 1. The quantitative estimate of drug-likeness (QED) is 0.797. The minimum atomic E-state index is -0.317. The Balaban J connectivity index is 2.32. The number of nitrogens with one attached hydrogen (secondary N) is 1. The number of benzodiazepines with no additional fused rings is 1. The molecule has 1 N–H and O–H groups in total. The molecule has 0 bridgehead atoms. The highest BCUT2D eigenvalue weighted by molar-refractivity contribution is 5.88. The van der Waals surface area contributed by atoms with Crippen molar-refractivity contribution >= 4 is 11.9 Å². The van der Waals surface area contributed by atoms with Gasteiger partial charge in [-0.1, -0.05) is 18.2 Å².